The lowest BCUT2D eigenvalue weighted by Gasteiger charge is -2.19. The average molecular weight is 487 g/mol. The van der Waals surface area contributed by atoms with Crippen molar-refractivity contribution in [3.05, 3.63) is 53.5 Å². The Bertz CT molecular complexity index is 695. The number of nitrogens with zero attached hydrogens (tertiary/aromatic N) is 1. The van der Waals surface area contributed by atoms with Crippen molar-refractivity contribution < 1.29 is 14.3 Å². The maximum atomic E-state index is 10.5. The molecule has 1 aromatic carbocycles. The Labute approximate surface area is 178 Å². The number of furan rings is 1. The molecule has 150 valence electrons. The standard InChI is InChI=1S/C20H29N3O3.HI/c1-5-21-19(23-14-20(4,24)18-7-6-9-26-18)22-8-10-25-17-12-15(2)11-16(3)13-17;/h6-7,9,11-13,24H,5,8,10,14H2,1-4H3,(H2,21,22,23);1H. The molecule has 1 heterocycles. The maximum Gasteiger partial charge on any atom is 0.191 e. The van der Waals surface area contributed by atoms with Gasteiger partial charge in [0.05, 0.1) is 19.4 Å². The summed E-state index contributed by atoms with van der Waals surface area (Å²) < 4.78 is 11.1. The minimum absolute atomic E-state index is 0. The lowest BCUT2D eigenvalue weighted by molar-refractivity contribution is 0.0437. The average Bonchev–Trinajstić information content (AvgIpc) is 3.11. The fourth-order valence-corrected chi connectivity index (χ4v) is 2.59. The molecular formula is C20H30IN3O3. The van der Waals surface area contributed by atoms with Gasteiger partial charge in [0.2, 0.25) is 0 Å². The van der Waals surface area contributed by atoms with Crippen LogP contribution in [0.15, 0.2) is 46.0 Å². The smallest absolute Gasteiger partial charge is 0.191 e. The van der Waals surface area contributed by atoms with Gasteiger partial charge in [0.1, 0.15) is 23.7 Å². The molecule has 3 N–H and O–H groups in total. The van der Waals surface area contributed by atoms with Gasteiger partial charge in [-0.1, -0.05) is 6.07 Å². The second-order valence-electron chi connectivity index (χ2n) is 6.54. The van der Waals surface area contributed by atoms with E-state index in [9.17, 15) is 5.11 Å². The number of aryl methyl sites for hydroxylation is 2. The number of hydrogen-bond donors (Lipinski definition) is 3. The van der Waals surface area contributed by atoms with Gasteiger partial charge in [-0.05, 0) is 63.1 Å². The molecule has 27 heavy (non-hydrogen) atoms. The molecule has 0 fully saturated rings. The third-order valence-corrected chi connectivity index (χ3v) is 3.80. The molecule has 0 bridgehead atoms. The number of hydrogen-bond acceptors (Lipinski definition) is 4. The predicted molar refractivity (Wildman–Crippen MR) is 119 cm³/mol. The van der Waals surface area contributed by atoms with Crippen LogP contribution >= 0.6 is 24.0 Å². The summed E-state index contributed by atoms with van der Waals surface area (Å²) in [7, 11) is 0. The lowest BCUT2D eigenvalue weighted by atomic mass is 10.0. The van der Waals surface area contributed by atoms with Gasteiger partial charge in [-0.25, -0.2) is 4.99 Å². The highest BCUT2D eigenvalue weighted by Crippen LogP contribution is 2.21. The molecule has 1 aromatic heterocycles. The molecule has 0 radical (unpaired) electrons. The Balaban J connectivity index is 0.00000364. The van der Waals surface area contributed by atoms with E-state index < -0.39 is 5.60 Å². The van der Waals surface area contributed by atoms with E-state index in [-0.39, 0.29) is 30.5 Å². The summed E-state index contributed by atoms with van der Waals surface area (Å²) in [5, 5.41) is 16.9. The first-order valence-electron chi connectivity index (χ1n) is 8.90. The number of ether oxygens (including phenoxy) is 1. The summed E-state index contributed by atoms with van der Waals surface area (Å²) in [6.45, 7) is 9.82. The number of rotatable bonds is 8. The van der Waals surface area contributed by atoms with Crippen molar-refractivity contribution in [2.75, 3.05) is 26.2 Å². The van der Waals surface area contributed by atoms with Crippen LogP contribution in [0.5, 0.6) is 5.75 Å². The summed E-state index contributed by atoms with van der Waals surface area (Å²) >= 11 is 0. The molecule has 0 spiro atoms. The van der Waals surface area contributed by atoms with Crippen LogP contribution in [0.3, 0.4) is 0 Å². The topological polar surface area (TPSA) is 79.0 Å². The number of aliphatic hydroxyl groups is 1. The molecular weight excluding hydrogens is 457 g/mol. The Kier molecular flexibility index (Phi) is 9.65. The fraction of sp³-hybridized carbons (Fsp3) is 0.450. The number of halogens is 1. The molecule has 0 saturated heterocycles. The van der Waals surface area contributed by atoms with Gasteiger partial charge in [-0.15, -0.1) is 24.0 Å². The second-order valence-corrected chi connectivity index (χ2v) is 6.54. The van der Waals surface area contributed by atoms with Crippen molar-refractivity contribution >= 4 is 29.9 Å². The van der Waals surface area contributed by atoms with Crippen LogP contribution in [-0.4, -0.2) is 37.3 Å². The molecule has 1 atom stereocenters. The molecule has 0 saturated carbocycles. The SMILES string of the molecule is CCNC(=NCC(C)(O)c1ccco1)NCCOc1cc(C)cc(C)c1.I. The molecule has 7 heteroatoms. The van der Waals surface area contributed by atoms with Crippen molar-refractivity contribution in [1.82, 2.24) is 10.6 Å². The van der Waals surface area contributed by atoms with Gasteiger partial charge in [0.15, 0.2) is 5.96 Å². The zero-order valence-electron chi connectivity index (χ0n) is 16.4. The largest absolute Gasteiger partial charge is 0.492 e. The number of nitrogens with one attached hydrogen (secondary N) is 2. The lowest BCUT2D eigenvalue weighted by Crippen LogP contribution is -2.40. The van der Waals surface area contributed by atoms with E-state index in [4.69, 9.17) is 9.15 Å². The number of guanidine groups is 1. The summed E-state index contributed by atoms with van der Waals surface area (Å²) in [5.41, 5.74) is 1.22. The van der Waals surface area contributed by atoms with E-state index in [0.29, 0.717) is 24.9 Å². The Morgan fingerprint density at radius 3 is 2.52 bits per heavy atom. The molecule has 2 aromatic rings. The van der Waals surface area contributed by atoms with Crippen LogP contribution in [0.1, 0.15) is 30.7 Å². The van der Waals surface area contributed by atoms with Gasteiger partial charge in [-0.3, -0.25) is 0 Å². The van der Waals surface area contributed by atoms with Gasteiger partial charge in [0, 0.05) is 6.54 Å². The highest BCUT2D eigenvalue weighted by Gasteiger charge is 2.26. The second kappa shape index (κ2) is 11.2. The van der Waals surface area contributed by atoms with Crippen LogP contribution in [0, 0.1) is 13.8 Å². The summed E-state index contributed by atoms with van der Waals surface area (Å²) in [6.07, 6.45) is 1.54. The number of benzene rings is 1. The third-order valence-electron chi connectivity index (χ3n) is 3.80. The molecule has 0 aliphatic rings. The van der Waals surface area contributed by atoms with Gasteiger partial charge < -0.3 is 24.9 Å². The highest BCUT2D eigenvalue weighted by molar-refractivity contribution is 14.0. The Hall–Kier alpha value is -1.74. The van der Waals surface area contributed by atoms with E-state index in [1.54, 1.807) is 25.3 Å². The molecule has 0 aliphatic heterocycles. The molecule has 1 unspecified atom stereocenters. The zero-order chi connectivity index (χ0) is 19.0. The van der Waals surface area contributed by atoms with Gasteiger partial charge in [0.25, 0.3) is 0 Å². The fourth-order valence-electron chi connectivity index (χ4n) is 2.59. The van der Waals surface area contributed by atoms with E-state index in [2.05, 4.69) is 35.5 Å². The Morgan fingerprint density at radius 2 is 1.93 bits per heavy atom. The minimum Gasteiger partial charge on any atom is -0.492 e. The zero-order valence-corrected chi connectivity index (χ0v) is 18.7. The molecule has 0 aliphatic carbocycles. The first-order valence-corrected chi connectivity index (χ1v) is 8.90. The van der Waals surface area contributed by atoms with Crippen LogP contribution in [0.2, 0.25) is 0 Å². The third kappa shape index (κ3) is 7.80. The summed E-state index contributed by atoms with van der Waals surface area (Å²) in [5.74, 6) is 1.99. The minimum atomic E-state index is -1.15. The van der Waals surface area contributed by atoms with Crippen molar-refractivity contribution in [2.45, 2.75) is 33.3 Å². The van der Waals surface area contributed by atoms with Crippen molar-refractivity contribution in [3.63, 3.8) is 0 Å². The molecule has 6 nitrogen and oxygen atoms in total. The normalized spacial score (nSPS) is 13.4. The summed E-state index contributed by atoms with van der Waals surface area (Å²) in [6, 6.07) is 9.65. The van der Waals surface area contributed by atoms with Gasteiger partial charge >= 0.3 is 0 Å². The van der Waals surface area contributed by atoms with E-state index >= 15 is 0 Å². The van der Waals surface area contributed by atoms with Crippen molar-refractivity contribution in [1.29, 1.82) is 0 Å². The van der Waals surface area contributed by atoms with Crippen molar-refractivity contribution in [2.24, 2.45) is 4.99 Å². The molecule has 2 rings (SSSR count). The van der Waals surface area contributed by atoms with Crippen molar-refractivity contribution in [3.8, 4) is 5.75 Å². The molecule has 0 amide bonds. The summed E-state index contributed by atoms with van der Waals surface area (Å²) in [4.78, 5) is 4.44. The van der Waals surface area contributed by atoms with Gasteiger partial charge in [-0.2, -0.15) is 0 Å². The highest BCUT2D eigenvalue weighted by atomic mass is 127. The first kappa shape index (κ1) is 23.3. The van der Waals surface area contributed by atoms with E-state index in [0.717, 1.165) is 12.3 Å². The van der Waals surface area contributed by atoms with Crippen LogP contribution in [0.4, 0.5) is 0 Å². The predicted octanol–water partition coefficient (Wildman–Crippen LogP) is 3.36. The Morgan fingerprint density at radius 1 is 1.22 bits per heavy atom. The quantitative estimate of drug-likeness (QED) is 0.231. The van der Waals surface area contributed by atoms with Crippen LogP contribution in [0.25, 0.3) is 0 Å². The van der Waals surface area contributed by atoms with Crippen LogP contribution < -0.4 is 15.4 Å². The van der Waals surface area contributed by atoms with Crippen LogP contribution in [-0.2, 0) is 5.60 Å². The maximum absolute atomic E-state index is 10.5. The first-order chi connectivity index (χ1) is 12.4. The van der Waals surface area contributed by atoms with E-state index in [1.807, 2.05) is 19.1 Å². The monoisotopic (exact) mass is 487 g/mol. The van der Waals surface area contributed by atoms with E-state index in [1.165, 1.54) is 11.1 Å². The number of aliphatic imine (C=N–C) groups is 1.